The van der Waals surface area contributed by atoms with E-state index < -0.39 is 0 Å². The molecule has 0 aliphatic heterocycles. The van der Waals surface area contributed by atoms with Gasteiger partial charge in [-0.2, -0.15) is 0 Å². The second-order valence-corrected chi connectivity index (χ2v) is 10.1. The molecule has 0 N–H and O–H groups in total. The van der Waals surface area contributed by atoms with Crippen molar-refractivity contribution >= 4 is 0 Å². The molecular formula is C25H39NO. The summed E-state index contributed by atoms with van der Waals surface area (Å²) < 4.78 is 5.36. The van der Waals surface area contributed by atoms with Crippen molar-refractivity contribution in [3.63, 3.8) is 0 Å². The number of benzene rings is 1. The van der Waals surface area contributed by atoms with E-state index in [0.717, 1.165) is 29.5 Å². The summed E-state index contributed by atoms with van der Waals surface area (Å²) in [4.78, 5) is 2.92. The van der Waals surface area contributed by atoms with Crippen LogP contribution < -0.4 is 4.74 Å². The smallest absolute Gasteiger partial charge is 0.118 e. The highest BCUT2D eigenvalue weighted by Crippen LogP contribution is 2.74. The zero-order chi connectivity index (χ0) is 18.9. The summed E-state index contributed by atoms with van der Waals surface area (Å²) in [7, 11) is 1.75. The van der Waals surface area contributed by atoms with Gasteiger partial charge in [0.2, 0.25) is 0 Å². The van der Waals surface area contributed by atoms with Crippen molar-refractivity contribution in [3.8, 4) is 5.75 Å². The van der Waals surface area contributed by atoms with E-state index in [0.29, 0.717) is 5.54 Å². The molecule has 3 fully saturated rings. The van der Waals surface area contributed by atoms with E-state index in [1.165, 1.54) is 76.3 Å². The molecule has 27 heavy (non-hydrogen) atoms. The van der Waals surface area contributed by atoms with Gasteiger partial charge in [0.25, 0.3) is 0 Å². The molecule has 150 valence electrons. The van der Waals surface area contributed by atoms with Gasteiger partial charge >= 0.3 is 0 Å². The average molecular weight is 370 g/mol. The van der Waals surface area contributed by atoms with Gasteiger partial charge in [0.15, 0.2) is 0 Å². The van der Waals surface area contributed by atoms with Gasteiger partial charge in [-0.1, -0.05) is 51.7 Å². The first-order valence-corrected chi connectivity index (χ1v) is 11.5. The van der Waals surface area contributed by atoms with E-state index in [2.05, 4.69) is 43.0 Å². The first kappa shape index (κ1) is 19.3. The predicted octanol–water partition coefficient (Wildman–Crippen LogP) is 6.44. The molecule has 1 spiro atoms. The van der Waals surface area contributed by atoms with Crippen molar-refractivity contribution < 1.29 is 4.74 Å². The first-order valence-electron chi connectivity index (χ1n) is 11.5. The Morgan fingerprint density at radius 2 is 1.78 bits per heavy atom. The Morgan fingerprint density at radius 3 is 2.52 bits per heavy atom. The van der Waals surface area contributed by atoms with Gasteiger partial charge in [0, 0.05) is 12.1 Å². The van der Waals surface area contributed by atoms with E-state index in [4.69, 9.17) is 4.74 Å². The third-order valence-corrected chi connectivity index (χ3v) is 7.88. The van der Waals surface area contributed by atoms with E-state index >= 15 is 0 Å². The molecule has 1 aromatic carbocycles. The normalized spacial score (nSPS) is 33.9. The third kappa shape index (κ3) is 3.92. The van der Waals surface area contributed by atoms with Crippen molar-refractivity contribution in [2.24, 2.45) is 17.3 Å². The van der Waals surface area contributed by atoms with Gasteiger partial charge in [0.1, 0.15) is 5.75 Å². The maximum absolute atomic E-state index is 5.36. The van der Waals surface area contributed by atoms with Crippen LogP contribution in [0.15, 0.2) is 24.3 Å². The van der Waals surface area contributed by atoms with Crippen LogP contribution in [0.5, 0.6) is 5.75 Å². The van der Waals surface area contributed by atoms with Crippen LogP contribution in [0.2, 0.25) is 0 Å². The van der Waals surface area contributed by atoms with Gasteiger partial charge in [-0.15, -0.1) is 0 Å². The molecule has 4 unspecified atom stereocenters. The topological polar surface area (TPSA) is 12.5 Å². The van der Waals surface area contributed by atoms with E-state index in [1.54, 1.807) is 7.11 Å². The Labute approximate surface area is 166 Å². The molecule has 2 nitrogen and oxygen atoms in total. The van der Waals surface area contributed by atoms with E-state index in [9.17, 15) is 0 Å². The second kappa shape index (κ2) is 7.78. The van der Waals surface area contributed by atoms with Crippen molar-refractivity contribution in [1.29, 1.82) is 0 Å². The molecular weight excluding hydrogens is 330 g/mol. The zero-order valence-electron chi connectivity index (χ0n) is 17.8. The van der Waals surface area contributed by atoms with Gasteiger partial charge in [-0.3, -0.25) is 4.90 Å². The van der Waals surface area contributed by atoms with Gasteiger partial charge < -0.3 is 4.74 Å². The summed E-state index contributed by atoms with van der Waals surface area (Å²) in [6.45, 7) is 7.23. The quantitative estimate of drug-likeness (QED) is 0.440. The number of ether oxygens (including phenoxy) is 1. The fraction of sp³-hybridized carbons (Fsp3) is 0.760. The number of rotatable bonds is 10. The summed E-state index contributed by atoms with van der Waals surface area (Å²) in [5.41, 5.74) is 2.69. The minimum atomic E-state index is 0.491. The molecule has 4 atom stereocenters. The number of hydrogen-bond acceptors (Lipinski definition) is 2. The molecule has 0 amide bonds. The zero-order valence-corrected chi connectivity index (χ0v) is 17.8. The van der Waals surface area contributed by atoms with Gasteiger partial charge in [-0.05, 0) is 80.0 Å². The fourth-order valence-corrected chi connectivity index (χ4v) is 6.73. The summed E-state index contributed by atoms with van der Waals surface area (Å²) in [5.74, 6) is 2.92. The van der Waals surface area contributed by atoms with Crippen LogP contribution in [0, 0.1) is 17.3 Å². The number of hydrogen-bond donors (Lipinski definition) is 0. The largest absolute Gasteiger partial charge is 0.497 e. The highest BCUT2D eigenvalue weighted by Gasteiger charge is 2.68. The lowest BCUT2D eigenvalue weighted by Gasteiger charge is -2.48. The molecule has 0 heterocycles. The Bertz CT molecular complexity index is 622. The van der Waals surface area contributed by atoms with Crippen LogP contribution in [-0.4, -0.2) is 24.1 Å². The molecule has 0 radical (unpaired) electrons. The summed E-state index contributed by atoms with van der Waals surface area (Å²) in [5, 5.41) is 0. The number of fused-ring (bicyclic) bond motifs is 1. The minimum absolute atomic E-state index is 0.491. The lowest BCUT2D eigenvalue weighted by molar-refractivity contribution is 0.0175. The molecule has 3 aliphatic rings. The maximum Gasteiger partial charge on any atom is 0.118 e. The number of methoxy groups -OCH3 is 1. The third-order valence-electron chi connectivity index (χ3n) is 7.88. The molecule has 3 aliphatic carbocycles. The van der Waals surface area contributed by atoms with E-state index in [-0.39, 0.29) is 0 Å². The van der Waals surface area contributed by atoms with Crippen LogP contribution in [0.1, 0.15) is 83.6 Å². The Balaban J connectivity index is 1.47. The van der Waals surface area contributed by atoms with Crippen molar-refractivity contribution in [2.75, 3.05) is 13.7 Å². The molecule has 4 rings (SSSR count). The van der Waals surface area contributed by atoms with E-state index in [1.807, 2.05) is 0 Å². The van der Waals surface area contributed by atoms with Crippen LogP contribution >= 0.6 is 0 Å². The number of nitrogens with zero attached hydrogens (tertiary/aromatic N) is 1. The van der Waals surface area contributed by atoms with Crippen molar-refractivity contribution in [1.82, 2.24) is 4.90 Å². The minimum Gasteiger partial charge on any atom is -0.497 e. The average Bonchev–Trinajstić information content (AvgIpc) is 3.22. The highest BCUT2D eigenvalue weighted by atomic mass is 16.5. The SMILES string of the molecule is CCCCCCCN(Cc1ccc(OC)cc1)C12CC(C)CC3(CC3C1)C2. The standard InChI is InChI=1S/C25H39NO/c1-4-5-6-7-8-13-26(18-21-9-11-23(27-3)12-10-21)25-15-20(2)14-24(19-25)16-22(24)17-25/h9-12,20,22H,4-8,13-19H2,1-3H3. The lowest BCUT2D eigenvalue weighted by atomic mass is 9.71. The van der Waals surface area contributed by atoms with Crippen LogP contribution in [0.3, 0.4) is 0 Å². The van der Waals surface area contributed by atoms with Crippen molar-refractivity contribution in [3.05, 3.63) is 29.8 Å². The Morgan fingerprint density at radius 1 is 1.00 bits per heavy atom. The second-order valence-electron chi connectivity index (χ2n) is 10.1. The highest BCUT2D eigenvalue weighted by molar-refractivity contribution is 5.28. The Kier molecular flexibility index (Phi) is 5.56. The monoisotopic (exact) mass is 369 g/mol. The molecule has 2 bridgehead atoms. The van der Waals surface area contributed by atoms with Crippen LogP contribution in [-0.2, 0) is 6.54 Å². The van der Waals surface area contributed by atoms with Gasteiger partial charge in [0.05, 0.1) is 7.11 Å². The lowest BCUT2D eigenvalue weighted by Crippen LogP contribution is -2.51. The van der Waals surface area contributed by atoms with Crippen molar-refractivity contribution in [2.45, 2.75) is 90.1 Å². The maximum atomic E-state index is 5.36. The van der Waals surface area contributed by atoms with Crippen LogP contribution in [0.25, 0.3) is 0 Å². The Hall–Kier alpha value is -1.02. The van der Waals surface area contributed by atoms with Crippen LogP contribution in [0.4, 0.5) is 0 Å². The van der Waals surface area contributed by atoms with Gasteiger partial charge in [-0.25, -0.2) is 0 Å². The molecule has 1 aromatic rings. The first-order chi connectivity index (χ1) is 13.1. The summed E-state index contributed by atoms with van der Waals surface area (Å²) in [6.07, 6.45) is 14.3. The fourth-order valence-electron chi connectivity index (χ4n) is 6.73. The molecule has 0 saturated heterocycles. The summed E-state index contributed by atoms with van der Waals surface area (Å²) >= 11 is 0. The number of unbranched alkanes of at least 4 members (excludes halogenated alkanes) is 4. The summed E-state index contributed by atoms with van der Waals surface area (Å²) in [6, 6.07) is 8.81. The molecule has 3 saturated carbocycles. The predicted molar refractivity (Wildman–Crippen MR) is 113 cm³/mol. The molecule has 0 aromatic heterocycles. The molecule has 2 heteroatoms.